The van der Waals surface area contributed by atoms with E-state index in [9.17, 15) is 14.4 Å². The number of nitrogens with one attached hydrogen (secondary N) is 1. The van der Waals surface area contributed by atoms with Gasteiger partial charge in [-0.3, -0.25) is 9.59 Å². The van der Waals surface area contributed by atoms with Gasteiger partial charge in [0, 0.05) is 31.1 Å². The van der Waals surface area contributed by atoms with Crippen molar-refractivity contribution >= 4 is 12.0 Å². The van der Waals surface area contributed by atoms with Crippen LogP contribution in [0.15, 0.2) is 35.1 Å². The summed E-state index contributed by atoms with van der Waals surface area (Å²) in [5, 5.41) is 7.15. The molecule has 1 N–H and O–H groups in total. The third kappa shape index (κ3) is 4.57. The smallest absolute Gasteiger partial charge is 0.410 e. The molecule has 0 atom stereocenters. The summed E-state index contributed by atoms with van der Waals surface area (Å²) < 4.78 is 6.18. The number of aromatic nitrogens is 2. The molecule has 28 heavy (non-hydrogen) atoms. The van der Waals surface area contributed by atoms with Crippen molar-refractivity contribution < 1.29 is 14.3 Å². The number of aryl methyl sites for hydroxylation is 1. The van der Waals surface area contributed by atoms with E-state index in [0.29, 0.717) is 31.7 Å². The van der Waals surface area contributed by atoms with Gasteiger partial charge in [0.15, 0.2) is 0 Å². The average molecular weight is 384 g/mol. The van der Waals surface area contributed by atoms with Gasteiger partial charge >= 0.3 is 6.09 Å². The Morgan fingerprint density at radius 2 is 2.07 bits per heavy atom. The summed E-state index contributed by atoms with van der Waals surface area (Å²) in [5.41, 5.74) is 3.18. The number of ether oxygens (including phenoxy) is 1. The van der Waals surface area contributed by atoms with Crippen LogP contribution in [0.25, 0.3) is 0 Å². The average Bonchev–Trinajstić information content (AvgIpc) is 2.68. The Kier molecular flexibility index (Phi) is 6.08. The highest BCUT2D eigenvalue weighted by molar-refractivity contribution is 5.75. The van der Waals surface area contributed by atoms with Crippen LogP contribution < -0.4 is 10.9 Å². The molecule has 1 aromatic carbocycles. The van der Waals surface area contributed by atoms with Crippen molar-refractivity contribution in [3.63, 3.8) is 0 Å². The molecule has 2 aromatic rings. The van der Waals surface area contributed by atoms with Crippen LogP contribution in [0.5, 0.6) is 0 Å². The van der Waals surface area contributed by atoms with E-state index in [0.717, 1.165) is 16.8 Å². The van der Waals surface area contributed by atoms with Crippen molar-refractivity contribution in [2.45, 2.75) is 39.9 Å². The molecule has 2 amide bonds. The summed E-state index contributed by atoms with van der Waals surface area (Å²) in [6.07, 6.45) is 0.118. The normalized spacial score (nSPS) is 13.0. The highest BCUT2D eigenvalue weighted by Crippen LogP contribution is 2.16. The van der Waals surface area contributed by atoms with Crippen molar-refractivity contribution in [2.24, 2.45) is 0 Å². The van der Waals surface area contributed by atoms with Crippen molar-refractivity contribution in [1.29, 1.82) is 0 Å². The van der Waals surface area contributed by atoms with Crippen molar-refractivity contribution in [3.8, 4) is 0 Å². The van der Waals surface area contributed by atoms with E-state index in [4.69, 9.17) is 4.74 Å². The quantitative estimate of drug-likeness (QED) is 0.841. The number of fused-ring (bicyclic) bond motifs is 1. The molecule has 0 bridgehead atoms. The maximum atomic E-state index is 12.3. The van der Waals surface area contributed by atoms with E-state index in [1.165, 1.54) is 10.7 Å². The summed E-state index contributed by atoms with van der Waals surface area (Å²) in [5.74, 6) is -0.276. The van der Waals surface area contributed by atoms with E-state index in [1.54, 1.807) is 11.8 Å². The Bertz CT molecular complexity index is 938. The summed E-state index contributed by atoms with van der Waals surface area (Å²) in [6, 6.07) is 9.25. The minimum atomic E-state index is -0.395. The van der Waals surface area contributed by atoms with Crippen molar-refractivity contribution in [3.05, 3.63) is 63.1 Å². The van der Waals surface area contributed by atoms with Gasteiger partial charge in [0.25, 0.3) is 5.56 Å². The largest absolute Gasteiger partial charge is 0.450 e. The molecule has 148 valence electrons. The third-order valence-corrected chi connectivity index (χ3v) is 4.70. The van der Waals surface area contributed by atoms with Crippen LogP contribution in [0.3, 0.4) is 0 Å². The van der Waals surface area contributed by atoms with Crippen LogP contribution in [-0.2, 0) is 35.6 Å². The minimum absolute atomic E-state index is 0.139. The first kappa shape index (κ1) is 19.6. The van der Waals surface area contributed by atoms with Crippen LogP contribution in [0.1, 0.15) is 29.3 Å². The van der Waals surface area contributed by atoms with Crippen molar-refractivity contribution in [2.75, 3.05) is 13.2 Å². The van der Waals surface area contributed by atoms with Crippen LogP contribution in [-0.4, -0.2) is 39.8 Å². The van der Waals surface area contributed by atoms with Gasteiger partial charge < -0.3 is 15.0 Å². The van der Waals surface area contributed by atoms with Gasteiger partial charge in [0.1, 0.15) is 6.54 Å². The summed E-state index contributed by atoms with van der Waals surface area (Å²) in [7, 11) is 0. The molecule has 0 unspecified atom stereocenters. The Hall–Kier alpha value is -3.16. The van der Waals surface area contributed by atoms with Crippen LogP contribution in [0, 0.1) is 6.92 Å². The predicted molar refractivity (Wildman–Crippen MR) is 103 cm³/mol. The van der Waals surface area contributed by atoms with E-state index in [2.05, 4.69) is 10.4 Å². The van der Waals surface area contributed by atoms with Gasteiger partial charge in [0.2, 0.25) is 5.91 Å². The molecule has 1 aliphatic rings. The van der Waals surface area contributed by atoms with Crippen LogP contribution >= 0.6 is 0 Å². The van der Waals surface area contributed by atoms with E-state index >= 15 is 0 Å². The molecule has 8 heteroatoms. The van der Waals surface area contributed by atoms with Gasteiger partial charge in [-0.05, 0) is 25.0 Å². The monoisotopic (exact) mass is 384 g/mol. The molecule has 1 aliphatic heterocycles. The summed E-state index contributed by atoms with van der Waals surface area (Å²) in [4.78, 5) is 38.0. The highest BCUT2D eigenvalue weighted by Gasteiger charge is 2.24. The fourth-order valence-corrected chi connectivity index (χ4v) is 3.12. The SMILES string of the molecule is CCOC(=O)N1CCc2nn(CC(=O)NCc3ccccc3C)c(=O)cc2C1. The molecule has 2 heterocycles. The maximum absolute atomic E-state index is 12.3. The highest BCUT2D eigenvalue weighted by atomic mass is 16.6. The van der Waals surface area contributed by atoms with Gasteiger partial charge in [0.05, 0.1) is 18.8 Å². The molecule has 0 radical (unpaired) electrons. The molecule has 0 fully saturated rings. The number of hydrogen-bond acceptors (Lipinski definition) is 5. The zero-order valence-corrected chi connectivity index (χ0v) is 16.1. The molecular formula is C20H24N4O4. The number of benzene rings is 1. The second kappa shape index (κ2) is 8.69. The van der Waals surface area contributed by atoms with Gasteiger partial charge in [-0.1, -0.05) is 24.3 Å². The second-order valence-corrected chi connectivity index (χ2v) is 6.69. The molecule has 1 aromatic heterocycles. The Balaban J connectivity index is 1.64. The fraction of sp³-hybridized carbons (Fsp3) is 0.400. The number of carbonyl (C=O) groups excluding carboxylic acids is 2. The molecule has 8 nitrogen and oxygen atoms in total. The lowest BCUT2D eigenvalue weighted by molar-refractivity contribution is -0.122. The number of carbonyl (C=O) groups is 2. The molecule has 3 rings (SSSR count). The first-order valence-electron chi connectivity index (χ1n) is 9.30. The van der Waals surface area contributed by atoms with Crippen LogP contribution in [0.4, 0.5) is 4.79 Å². The van der Waals surface area contributed by atoms with E-state index in [1.807, 2.05) is 31.2 Å². The lowest BCUT2D eigenvalue weighted by Crippen LogP contribution is -2.40. The topological polar surface area (TPSA) is 93.5 Å². The lowest BCUT2D eigenvalue weighted by atomic mass is 10.1. The zero-order valence-electron chi connectivity index (χ0n) is 16.1. The minimum Gasteiger partial charge on any atom is -0.450 e. The molecule has 0 saturated heterocycles. The van der Waals surface area contributed by atoms with Crippen molar-refractivity contribution in [1.82, 2.24) is 20.0 Å². The summed E-state index contributed by atoms with van der Waals surface area (Å²) in [6.45, 7) is 5.06. The van der Waals surface area contributed by atoms with E-state index < -0.39 is 6.09 Å². The van der Waals surface area contributed by atoms with Crippen LogP contribution in [0.2, 0.25) is 0 Å². The zero-order chi connectivity index (χ0) is 20.1. The number of amides is 2. The second-order valence-electron chi connectivity index (χ2n) is 6.69. The molecule has 0 spiro atoms. The molecular weight excluding hydrogens is 360 g/mol. The lowest BCUT2D eigenvalue weighted by Gasteiger charge is -2.27. The van der Waals surface area contributed by atoms with Gasteiger partial charge in [-0.25, -0.2) is 9.48 Å². The maximum Gasteiger partial charge on any atom is 0.410 e. The third-order valence-electron chi connectivity index (χ3n) is 4.70. The Labute approximate surface area is 163 Å². The fourth-order valence-electron chi connectivity index (χ4n) is 3.12. The summed E-state index contributed by atoms with van der Waals surface area (Å²) >= 11 is 0. The van der Waals surface area contributed by atoms with Gasteiger partial charge in [-0.2, -0.15) is 5.10 Å². The van der Waals surface area contributed by atoms with Gasteiger partial charge in [-0.15, -0.1) is 0 Å². The Morgan fingerprint density at radius 3 is 2.82 bits per heavy atom. The molecule has 0 aliphatic carbocycles. The number of hydrogen-bond donors (Lipinski definition) is 1. The number of rotatable bonds is 5. The molecule has 0 saturated carbocycles. The predicted octanol–water partition coefficient (Wildman–Crippen LogP) is 1.38. The first-order chi connectivity index (χ1) is 13.5. The standard InChI is InChI=1S/C20H24N4O4/c1-3-28-20(27)23-9-8-17-16(12-23)10-19(26)24(22-17)13-18(25)21-11-15-7-5-4-6-14(15)2/h4-7,10H,3,8-9,11-13H2,1-2H3,(H,21,25). The Morgan fingerprint density at radius 1 is 1.29 bits per heavy atom. The first-order valence-corrected chi connectivity index (χ1v) is 9.30. The number of nitrogens with zero attached hydrogens (tertiary/aromatic N) is 3. The van der Waals surface area contributed by atoms with E-state index in [-0.39, 0.29) is 24.6 Å².